The number of hydrogen-bond acceptors (Lipinski definition) is 2. The van der Waals surface area contributed by atoms with E-state index in [9.17, 15) is 9.46 Å². The lowest BCUT2D eigenvalue weighted by Crippen LogP contribution is -2.45. The van der Waals surface area contributed by atoms with Crippen LogP contribution in [-0.2, 0) is 9.09 Å². The van der Waals surface area contributed by atoms with E-state index in [0.29, 0.717) is 17.5 Å². The van der Waals surface area contributed by atoms with Crippen LogP contribution in [0.1, 0.15) is 136 Å². The van der Waals surface area contributed by atoms with Gasteiger partial charge in [0.25, 0.3) is 0 Å². The molecule has 0 aromatic rings. The summed E-state index contributed by atoms with van der Waals surface area (Å²) in [6.07, 6.45) is 28.4. The minimum atomic E-state index is -3.57. The Morgan fingerprint density at radius 3 is 1.55 bits per heavy atom. The Balaban J connectivity index is 3.53. The monoisotopic (exact) mass is 488 g/mol. The number of quaternary nitrogens is 1. The first kappa shape index (κ1) is 32.8. The van der Waals surface area contributed by atoms with Crippen molar-refractivity contribution in [2.45, 2.75) is 142 Å². The maximum atomic E-state index is 12.7. The highest BCUT2D eigenvalue weighted by Gasteiger charge is 2.41. The predicted molar refractivity (Wildman–Crippen MR) is 146 cm³/mol. The highest BCUT2D eigenvalue weighted by molar-refractivity contribution is 7.53. The van der Waals surface area contributed by atoms with Crippen molar-refractivity contribution in [3.8, 4) is 0 Å². The van der Waals surface area contributed by atoms with Crippen molar-refractivity contribution < 1.29 is 18.5 Å². The number of rotatable bonds is 24. The summed E-state index contributed by atoms with van der Waals surface area (Å²) in [4.78, 5) is 10.4. The van der Waals surface area contributed by atoms with E-state index >= 15 is 0 Å². The van der Waals surface area contributed by atoms with Crippen LogP contribution in [0, 0.1) is 0 Å². The maximum Gasteiger partial charge on any atom is 0.385 e. The molecule has 4 nitrogen and oxygen atoms in total. The van der Waals surface area contributed by atoms with Gasteiger partial charge in [-0.15, -0.1) is 0 Å². The van der Waals surface area contributed by atoms with Crippen LogP contribution in [0.2, 0.25) is 0 Å². The molecule has 2 unspecified atom stereocenters. The lowest BCUT2D eigenvalue weighted by Gasteiger charge is -2.35. The molecule has 5 heteroatoms. The molecule has 0 amide bonds. The van der Waals surface area contributed by atoms with Gasteiger partial charge < -0.3 is 13.9 Å². The second-order valence-corrected chi connectivity index (χ2v) is 12.8. The lowest BCUT2D eigenvalue weighted by molar-refractivity contribution is -0.883. The van der Waals surface area contributed by atoms with Gasteiger partial charge in [0.2, 0.25) is 0 Å². The summed E-state index contributed by atoms with van der Waals surface area (Å²) in [6, 6.07) is 0. The molecule has 33 heavy (non-hydrogen) atoms. The fourth-order valence-corrected chi connectivity index (χ4v) is 6.43. The first-order chi connectivity index (χ1) is 15.8. The minimum Gasteiger partial charge on any atom is -0.320 e. The largest absolute Gasteiger partial charge is 0.385 e. The molecule has 0 bridgehead atoms. The van der Waals surface area contributed by atoms with E-state index in [2.05, 4.69) is 26.0 Å². The molecule has 0 saturated heterocycles. The van der Waals surface area contributed by atoms with Crippen molar-refractivity contribution in [3.05, 3.63) is 12.2 Å². The van der Waals surface area contributed by atoms with E-state index in [0.717, 1.165) is 19.3 Å². The summed E-state index contributed by atoms with van der Waals surface area (Å²) in [5.41, 5.74) is 0. The molecule has 0 aliphatic carbocycles. The third-order valence-electron chi connectivity index (χ3n) is 6.50. The highest BCUT2D eigenvalue weighted by atomic mass is 31.2. The number of nitrogens with zero attached hydrogens (tertiary/aromatic N) is 1. The summed E-state index contributed by atoms with van der Waals surface area (Å²) in [5.74, 6) is -0.337. The molecule has 0 spiro atoms. The summed E-state index contributed by atoms with van der Waals surface area (Å²) in [5, 5.41) is 0. The van der Waals surface area contributed by atoms with Gasteiger partial charge in [-0.3, -0.25) is 4.57 Å². The van der Waals surface area contributed by atoms with Gasteiger partial charge in [0.15, 0.2) is 5.78 Å². The lowest BCUT2D eigenvalue weighted by atomic mass is 10.1. The SMILES string of the molecule is CCCCCCCCCCC/C=C\CCCCCCCCOP(=O)(O)C(CCC)[N+](C)(C)C. The summed E-state index contributed by atoms with van der Waals surface area (Å²) in [7, 11) is 2.34. The Bertz CT molecular complexity index is 502. The Morgan fingerprint density at radius 1 is 0.697 bits per heavy atom. The van der Waals surface area contributed by atoms with Crippen molar-refractivity contribution in [1.29, 1.82) is 0 Å². The average molecular weight is 489 g/mol. The zero-order valence-electron chi connectivity index (χ0n) is 23.0. The third-order valence-corrected chi connectivity index (χ3v) is 8.76. The van der Waals surface area contributed by atoms with Crippen LogP contribution in [0.3, 0.4) is 0 Å². The average Bonchev–Trinajstić information content (AvgIpc) is 2.75. The normalized spacial score (nSPS) is 15.2. The van der Waals surface area contributed by atoms with Crippen LogP contribution >= 0.6 is 7.60 Å². The quantitative estimate of drug-likeness (QED) is 0.0637. The van der Waals surface area contributed by atoms with E-state index in [1.807, 2.05) is 21.1 Å². The Morgan fingerprint density at radius 2 is 1.12 bits per heavy atom. The highest BCUT2D eigenvalue weighted by Crippen LogP contribution is 2.51. The Hall–Kier alpha value is -0.150. The zero-order chi connectivity index (χ0) is 24.8. The summed E-state index contributed by atoms with van der Waals surface area (Å²) in [6.45, 7) is 4.73. The fraction of sp³-hybridized carbons (Fsp3) is 0.929. The third kappa shape index (κ3) is 19.8. The first-order valence-electron chi connectivity index (χ1n) is 14.2. The van der Waals surface area contributed by atoms with Gasteiger partial charge in [-0.1, -0.05) is 103 Å². The molecule has 0 rings (SSSR count). The van der Waals surface area contributed by atoms with Gasteiger partial charge in [-0.05, 0) is 38.5 Å². The van der Waals surface area contributed by atoms with Crippen molar-refractivity contribution in [2.75, 3.05) is 27.7 Å². The van der Waals surface area contributed by atoms with Crippen LogP contribution in [0.15, 0.2) is 12.2 Å². The maximum absolute atomic E-state index is 12.7. The summed E-state index contributed by atoms with van der Waals surface area (Å²) < 4.78 is 18.6. The van der Waals surface area contributed by atoms with Gasteiger partial charge in [-0.25, -0.2) is 0 Å². The number of hydrogen-bond donors (Lipinski definition) is 1. The molecule has 0 aliphatic heterocycles. The zero-order valence-corrected chi connectivity index (χ0v) is 23.9. The molecule has 0 saturated carbocycles. The molecular formula is C28H59NO3P+. The standard InChI is InChI=1S/C28H58NO3P/c1-6-8-9-10-11-12-13-14-15-16-17-18-19-20-21-22-23-24-25-27-32-33(30,31)28(26-7-2)29(3,4)5/h17-18,28H,6-16,19-27H2,1-5H3/p+1/b18-17-. The second-order valence-electron chi connectivity index (χ2n) is 10.8. The first-order valence-corrected chi connectivity index (χ1v) is 15.8. The number of allylic oxidation sites excluding steroid dienone is 2. The molecule has 0 heterocycles. The van der Waals surface area contributed by atoms with Gasteiger partial charge in [0.05, 0.1) is 27.7 Å². The van der Waals surface area contributed by atoms with E-state index < -0.39 is 7.60 Å². The van der Waals surface area contributed by atoms with Gasteiger partial charge in [-0.2, -0.15) is 0 Å². The van der Waals surface area contributed by atoms with Crippen molar-refractivity contribution in [1.82, 2.24) is 0 Å². The minimum absolute atomic E-state index is 0.337. The Kier molecular flexibility index (Phi) is 21.1. The summed E-state index contributed by atoms with van der Waals surface area (Å²) >= 11 is 0. The van der Waals surface area contributed by atoms with E-state index in [1.54, 1.807) is 0 Å². The topological polar surface area (TPSA) is 46.5 Å². The molecular weight excluding hydrogens is 429 g/mol. The Labute approximate surface area is 207 Å². The molecule has 1 N–H and O–H groups in total. The number of unbranched alkanes of at least 4 members (excludes halogenated alkanes) is 15. The van der Waals surface area contributed by atoms with E-state index in [-0.39, 0.29) is 5.78 Å². The van der Waals surface area contributed by atoms with Crippen molar-refractivity contribution in [2.24, 2.45) is 0 Å². The second kappa shape index (κ2) is 21.2. The molecule has 0 fully saturated rings. The van der Waals surface area contributed by atoms with E-state index in [1.165, 1.54) is 96.3 Å². The van der Waals surface area contributed by atoms with Crippen LogP contribution in [0.25, 0.3) is 0 Å². The molecule has 198 valence electrons. The fourth-order valence-electron chi connectivity index (χ4n) is 4.41. The van der Waals surface area contributed by atoms with Crippen LogP contribution in [0.4, 0.5) is 0 Å². The van der Waals surface area contributed by atoms with Crippen LogP contribution < -0.4 is 0 Å². The van der Waals surface area contributed by atoms with Crippen molar-refractivity contribution >= 4 is 7.60 Å². The molecule has 0 aromatic heterocycles. The molecule has 2 atom stereocenters. The molecule has 0 radical (unpaired) electrons. The molecule has 0 aromatic carbocycles. The smallest absolute Gasteiger partial charge is 0.320 e. The van der Waals surface area contributed by atoms with Crippen molar-refractivity contribution in [3.63, 3.8) is 0 Å². The van der Waals surface area contributed by atoms with E-state index in [4.69, 9.17) is 4.52 Å². The van der Waals surface area contributed by atoms with Gasteiger partial charge >= 0.3 is 7.60 Å². The van der Waals surface area contributed by atoms with Gasteiger partial charge in [0, 0.05) is 6.42 Å². The van der Waals surface area contributed by atoms with Crippen LogP contribution in [-0.4, -0.2) is 42.9 Å². The molecule has 0 aliphatic rings. The van der Waals surface area contributed by atoms with Gasteiger partial charge in [0.1, 0.15) is 0 Å². The van der Waals surface area contributed by atoms with Crippen LogP contribution in [0.5, 0.6) is 0 Å². The predicted octanol–water partition coefficient (Wildman–Crippen LogP) is 9.23.